The Bertz CT molecular complexity index is 452. The van der Waals surface area contributed by atoms with Crippen molar-refractivity contribution in [1.82, 2.24) is 14.8 Å². The van der Waals surface area contributed by atoms with Gasteiger partial charge in [0.1, 0.15) is 3.70 Å². The molecule has 0 bridgehead atoms. The molecule has 0 spiro atoms. The maximum absolute atomic E-state index is 5.15. The van der Waals surface area contributed by atoms with Crippen LogP contribution in [0.15, 0.2) is 12.3 Å². The van der Waals surface area contributed by atoms with E-state index in [0.29, 0.717) is 5.88 Å². The van der Waals surface area contributed by atoms with E-state index in [-0.39, 0.29) is 0 Å². The summed E-state index contributed by atoms with van der Waals surface area (Å²) in [5, 5.41) is 5.26. The number of halogens is 1. The first-order valence-electron chi connectivity index (χ1n) is 3.75. The van der Waals surface area contributed by atoms with Crippen LogP contribution >= 0.6 is 22.6 Å². The number of nitrogens with zero attached hydrogens (tertiary/aromatic N) is 3. The van der Waals surface area contributed by atoms with Crippen molar-refractivity contribution in [1.29, 1.82) is 0 Å². The lowest BCUT2D eigenvalue weighted by atomic mass is 10.3. The molecule has 0 saturated heterocycles. The third-order valence-electron chi connectivity index (χ3n) is 1.88. The van der Waals surface area contributed by atoms with Gasteiger partial charge in [0, 0.05) is 13.2 Å². The normalized spacial score (nSPS) is 10.7. The molecule has 0 unspecified atom stereocenters. The molecule has 5 heteroatoms. The van der Waals surface area contributed by atoms with Crippen molar-refractivity contribution in [2.45, 2.75) is 0 Å². The van der Waals surface area contributed by atoms with Gasteiger partial charge in [-0.25, -0.2) is 4.98 Å². The van der Waals surface area contributed by atoms with Crippen LogP contribution in [0.5, 0.6) is 5.88 Å². The van der Waals surface area contributed by atoms with Crippen molar-refractivity contribution in [3.8, 4) is 5.88 Å². The minimum Gasteiger partial charge on any atom is -0.480 e. The molecule has 0 N–H and O–H groups in total. The van der Waals surface area contributed by atoms with Gasteiger partial charge in [-0.15, -0.1) is 0 Å². The van der Waals surface area contributed by atoms with Gasteiger partial charge in [0.2, 0.25) is 5.88 Å². The summed E-state index contributed by atoms with van der Waals surface area (Å²) in [7, 11) is 3.52. The molecule has 0 amide bonds. The molecule has 2 heterocycles. The lowest BCUT2D eigenvalue weighted by Gasteiger charge is -1.99. The maximum atomic E-state index is 5.15. The van der Waals surface area contributed by atoms with E-state index < -0.39 is 0 Å². The van der Waals surface area contributed by atoms with Crippen LogP contribution in [-0.2, 0) is 7.05 Å². The summed E-state index contributed by atoms with van der Waals surface area (Å²) in [6.07, 6.45) is 1.72. The lowest BCUT2D eigenvalue weighted by molar-refractivity contribution is 0.403. The van der Waals surface area contributed by atoms with Gasteiger partial charge in [-0.05, 0) is 28.7 Å². The van der Waals surface area contributed by atoms with Crippen molar-refractivity contribution in [2.75, 3.05) is 7.11 Å². The number of fused-ring (bicyclic) bond motifs is 1. The van der Waals surface area contributed by atoms with Crippen molar-refractivity contribution in [2.24, 2.45) is 7.05 Å². The number of rotatable bonds is 1. The SMILES string of the molecule is COc1nccc2c1c(I)nn2C. The summed E-state index contributed by atoms with van der Waals surface area (Å²) in [5.41, 5.74) is 1.04. The number of hydrogen-bond acceptors (Lipinski definition) is 3. The highest BCUT2D eigenvalue weighted by molar-refractivity contribution is 14.1. The molecule has 4 nitrogen and oxygen atoms in total. The quantitative estimate of drug-likeness (QED) is 0.748. The Balaban J connectivity index is 2.88. The van der Waals surface area contributed by atoms with Crippen LogP contribution in [0, 0.1) is 3.70 Å². The van der Waals surface area contributed by atoms with E-state index in [0.717, 1.165) is 14.6 Å². The first kappa shape index (κ1) is 8.74. The van der Waals surface area contributed by atoms with Gasteiger partial charge in [0.25, 0.3) is 0 Å². The molecule has 68 valence electrons. The van der Waals surface area contributed by atoms with Gasteiger partial charge in [0.05, 0.1) is 18.0 Å². The standard InChI is InChI=1S/C8H8IN3O/c1-12-5-3-4-10-8(13-2)6(5)7(9)11-12/h3-4H,1-2H3. The summed E-state index contributed by atoms with van der Waals surface area (Å²) in [6.45, 7) is 0. The van der Waals surface area contributed by atoms with Crippen molar-refractivity contribution in [3.05, 3.63) is 16.0 Å². The average Bonchev–Trinajstić information content (AvgIpc) is 2.43. The Labute approximate surface area is 89.0 Å². The summed E-state index contributed by atoms with van der Waals surface area (Å²) in [4.78, 5) is 4.12. The van der Waals surface area contributed by atoms with E-state index in [4.69, 9.17) is 4.74 Å². The molecule has 0 saturated carbocycles. The number of aryl methyl sites for hydroxylation is 1. The highest BCUT2D eigenvalue weighted by atomic mass is 127. The van der Waals surface area contributed by atoms with Crippen molar-refractivity contribution >= 4 is 33.5 Å². The summed E-state index contributed by atoms with van der Waals surface area (Å²) in [5.74, 6) is 0.634. The van der Waals surface area contributed by atoms with Crippen LogP contribution in [0.25, 0.3) is 10.9 Å². The first-order valence-corrected chi connectivity index (χ1v) is 4.83. The Kier molecular flexibility index (Phi) is 2.10. The molecular formula is C8H8IN3O. The van der Waals surface area contributed by atoms with Crippen LogP contribution in [0.3, 0.4) is 0 Å². The fourth-order valence-electron chi connectivity index (χ4n) is 1.29. The predicted octanol–water partition coefficient (Wildman–Crippen LogP) is 1.58. The molecule has 0 fully saturated rings. The molecule has 0 aromatic carbocycles. The summed E-state index contributed by atoms with van der Waals surface area (Å²) < 4.78 is 7.89. The predicted molar refractivity (Wildman–Crippen MR) is 57.8 cm³/mol. The minimum absolute atomic E-state index is 0.634. The van der Waals surface area contributed by atoms with Crippen LogP contribution in [0.2, 0.25) is 0 Å². The molecule has 2 aromatic rings. The van der Waals surface area contributed by atoms with Crippen LogP contribution in [-0.4, -0.2) is 21.9 Å². The zero-order valence-electron chi connectivity index (χ0n) is 7.28. The number of methoxy groups -OCH3 is 1. The van der Waals surface area contributed by atoms with Crippen LogP contribution < -0.4 is 4.74 Å². The van der Waals surface area contributed by atoms with E-state index in [1.807, 2.05) is 17.8 Å². The average molecular weight is 289 g/mol. The Hall–Kier alpha value is -0.850. The molecule has 0 atom stereocenters. The molecule has 0 aliphatic carbocycles. The van der Waals surface area contributed by atoms with Gasteiger partial charge in [0.15, 0.2) is 0 Å². The Morgan fingerprint density at radius 2 is 2.31 bits per heavy atom. The highest BCUT2D eigenvalue weighted by Crippen LogP contribution is 2.26. The van der Waals surface area contributed by atoms with E-state index in [1.54, 1.807) is 13.3 Å². The number of aromatic nitrogens is 3. The third kappa shape index (κ3) is 1.27. The van der Waals surface area contributed by atoms with Crippen molar-refractivity contribution < 1.29 is 4.74 Å². The zero-order chi connectivity index (χ0) is 9.42. The van der Waals surface area contributed by atoms with E-state index >= 15 is 0 Å². The van der Waals surface area contributed by atoms with Gasteiger partial charge < -0.3 is 4.74 Å². The topological polar surface area (TPSA) is 39.9 Å². The smallest absolute Gasteiger partial charge is 0.225 e. The van der Waals surface area contributed by atoms with Crippen LogP contribution in [0.1, 0.15) is 0 Å². The number of hydrogen-bond donors (Lipinski definition) is 0. The van der Waals surface area contributed by atoms with E-state index in [1.165, 1.54) is 0 Å². The zero-order valence-corrected chi connectivity index (χ0v) is 9.44. The van der Waals surface area contributed by atoms with E-state index in [2.05, 4.69) is 32.7 Å². The molecule has 0 aliphatic rings. The molecule has 13 heavy (non-hydrogen) atoms. The second-order valence-corrected chi connectivity index (χ2v) is 3.65. The minimum atomic E-state index is 0.634. The van der Waals surface area contributed by atoms with Gasteiger partial charge in [-0.1, -0.05) is 0 Å². The van der Waals surface area contributed by atoms with E-state index in [9.17, 15) is 0 Å². The second kappa shape index (κ2) is 3.13. The first-order chi connectivity index (χ1) is 6.24. The van der Waals surface area contributed by atoms with Gasteiger partial charge >= 0.3 is 0 Å². The number of ether oxygens (including phenoxy) is 1. The molecule has 0 aliphatic heterocycles. The fourth-order valence-corrected chi connectivity index (χ4v) is 2.12. The number of pyridine rings is 1. The Morgan fingerprint density at radius 3 is 3.00 bits per heavy atom. The van der Waals surface area contributed by atoms with Crippen molar-refractivity contribution in [3.63, 3.8) is 0 Å². The maximum Gasteiger partial charge on any atom is 0.225 e. The van der Waals surface area contributed by atoms with Gasteiger partial charge in [-0.2, -0.15) is 5.10 Å². The third-order valence-corrected chi connectivity index (χ3v) is 2.64. The molecule has 2 aromatic heterocycles. The lowest BCUT2D eigenvalue weighted by Crippen LogP contribution is -1.90. The molecule has 2 rings (SSSR count). The molecule has 0 radical (unpaired) electrons. The largest absolute Gasteiger partial charge is 0.480 e. The molecular weight excluding hydrogens is 281 g/mol. The Morgan fingerprint density at radius 1 is 1.54 bits per heavy atom. The summed E-state index contributed by atoms with van der Waals surface area (Å²) in [6, 6.07) is 1.92. The fraction of sp³-hybridized carbons (Fsp3) is 0.250. The summed E-state index contributed by atoms with van der Waals surface area (Å²) >= 11 is 2.18. The monoisotopic (exact) mass is 289 g/mol. The van der Waals surface area contributed by atoms with Gasteiger partial charge in [-0.3, -0.25) is 4.68 Å². The second-order valence-electron chi connectivity index (χ2n) is 2.63. The van der Waals surface area contributed by atoms with Crippen LogP contribution in [0.4, 0.5) is 0 Å². The highest BCUT2D eigenvalue weighted by Gasteiger charge is 2.11.